The van der Waals surface area contributed by atoms with Gasteiger partial charge in [-0.1, -0.05) is 19.1 Å². The lowest BCUT2D eigenvalue weighted by molar-refractivity contribution is 0.0958. The van der Waals surface area contributed by atoms with Crippen molar-refractivity contribution in [3.05, 3.63) is 42.0 Å². The third-order valence-corrected chi connectivity index (χ3v) is 3.29. The first-order valence-corrected chi connectivity index (χ1v) is 7.20. The van der Waals surface area contributed by atoms with Gasteiger partial charge in [0.05, 0.1) is 5.56 Å². The lowest BCUT2D eigenvalue weighted by atomic mass is 10.2. The molecule has 1 unspecified atom stereocenters. The van der Waals surface area contributed by atoms with Gasteiger partial charge in [-0.25, -0.2) is 14.4 Å². The van der Waals surface area contributed by atoms with Crippen LogP contribution < -0.4 is 21.9 Å². The van der Waals surface area contributed by atoms with Gasteiger partial charge < -0.3 is 11.1 Å². The third kappa shape index (κ3) is 4.06. The average Bonchev–Trinajstić information content (AvgIpc) is 2.55. The molecule has 122 valence electrons. The van der Waals surface area contributed by atoms with E-state index in [1.807, 2.05) is 13.8 Å². The molecule has 0 saturated carbocycles. The molecule has 8 heteroatoms. The van der Waals surface area contributed by atoms with Crippen molar-refractivity contribution >= 4 is 23.2 Å². The summed E-state index contributed by atoms with van der Waals surface area (Å²) in [6.45, 7) is 4.03. The van der Waals surface area contributed by atoms with E-state index in [1.54, 1.807) is 6.07 Å². The Bertz CT molecular complexity index is 693. The molecule has 0 radical (unpaired) electrons. The predicted molar refractivity (Wildman–Crippen MR) is 87.3 cm³/mol. The van der Waals surface area contributed by atoms with Gasteiger partial charge in [-0.15, -0.1) is 0 Å². The molecule has 0 aliphatic carbocycles. The summed E-state index contributed by atoms with van der Waals surface area (Å²) in [5.74, 6) is -0.536. The van der Waals surface area contributed by atoms with E-state index in [2.05, 4.69) is 26.1 Å². The Hall–Kier alpha value is -2.90. The second-order valence-corrected chi connectivity index (χ2v) is 5.00. The molecule has 1 heterocycles. The van der Waals surface area contributed by atoms with E-state index in [-0.39, 0.29) is 23.1 Å². The molecule has 2 aromatic rings. The Morgan fingerprint density at radius 2 is 2.00 bits per heavy atom. The first kappa shape index (κ1) is 16.5. The Morgan fingerprint density at radius 1 is 1.30 bits per heavy atom. The van der Waals surface area contributed by atoms with Crippen LogP contribution in [0.2, 0.25) is 0 Å². The number of hydrazine groups is 1. The van der Waals surface area contributed by atoms with Crippen molar-refractivity contribution in [3.63, 3.8) is 0 Å². The quantitative estimate of drug-likeness (QED) is 0.608. The highest BCUT2D eigenvalue weighted by Gasteiger charge is 2.13. The summed E-state index contributed by atoms with van der Waals surface area (Å²) in [5, 5.41) is 3.14. The number of carbonyl (C=O) groups is 1. The molecule has 0 saturated heterocycles. The highest BCUT2D eigenvalue weighted by atomic mass is 19.1. The molecule has 7 nitrogen and oxygen atoms in total. The van der Waals surface area contributed by atoms with Crippen LogP contribution in [0.15, 0.2) is 30.6 Å². The van der Waals surface area contributed by atoms with E-state index in [9.17, 15) is 9.18 Å². The second-order valence-electron chi connectivity index (χ2n) is 5.00. The minimum atomic E-state index is -0.627. The SMILES string of the molecule is CCC(C)Nc1ncnc(NNC(=O)c2ccccc2F)c1N. The molecule has 1 aromatic carbocycles. The van der Waals surface area contributed by atoms with Crippen molar-refractivity contribution in [2.24, 2.45) is 0 Å². The van der Waals surface area contributed by atoms with E-state index in [4.69, 9.17) is 5.73 Å². The number of anilines is 3. The van der Waals surface area contributed by atoms with E-state index in [0.29, 0.717) is 5.82 Å². The minimum Gasteiger partial charge on any atom is -0.393 e. The van der Waals surface area contributed by atoms with Crippen molar-refractivity contribution in [1.82, 2.24) is 15.4 Å². The number of carbonyl (C=O) groups excluding carboxylic acids is 1. The highest BCUT2D eigenvalue weighted by molar-refractivity contribution is 5.95. The zero-order valence-electron chi connectivity index (χ0n) is 12.9. The largest absolute Gasteiger partial charge is 0.393 e. The van der Waals surface area contributed by atoms with Crippen molar-refractivity contribution < 1.29 is 9.18 Å². The van der Waals surface area contributed by atoms with Crippen LogP contribution in [-0.2, 0) is 0 Å². The zero-order chi connectivity index (χ0) is 16.8. The van der Waals surface area contributed by atoms with Gasteiger partial charge in [-0.2, -0.15) is 0 Å². The lowest BCUT2D eigenvalue weighted by Gasteiger charge is -2.16. The van der Waals surface area contributed by atoms with Crippen molar-refractivity contribution in [3.8, 4) is 0 Å². The number of nitrogens with zero attached hydrogens (tertiary/aromatic N) is 2. The number of benzene rings is 1. The topological polar surface area (TPSA) is 105 Å². The van der Waals surface area contributed by atoms with E-state index >= 15 is 0 Å². The van der Waals surface area contributed by atoms with Gasteiger partial charge in [0.15, 0.2) is 11.6 Å². The van der Waals surface area contributed by atoms with Gasteiger partial charge >= 0.3 is 0 Å². The molecule has 0 fully saturated rings. The number of nitrogen functional groups attached to an aromatic ring is 1. The number of amides is 1. The number of nitrogens with two attached hydrogens (primary N) is 1. The first-order chi connectivity index (χ1) is 11.0. The maximum atomic E-state index is 13.5. The molecule has 5 N–H and O–H groups in total. The lowest BCUT2D eigenvalue weighted by Crippen LogP contribution is -2.31. The predicted octanol–water partition coefficient (Wildman–Crippen LogP) is 2.17. The molecule has 0 bridgehead atoms. The summed E-state index contributed by atoms with van der Waals surface area (Å²) in [7, 11) is 0. The Morgan fingerprint density at radius 3 is 2.70 bits per heavy atom. The van der Waals surface area contributed by atoms with Crippen molar-refractivity contribution in [2.75, 3.05) is 16.5 Å². The maximum Gasteiger partial charge on any atom is 0.272 e. The summed E-state index contributed by atoms with van der Waals surface area (Å²) in [5.41, 5.74) is 11.1. The number of hydrogen-bond donors (Lipinski definition) is 4. The summed E-state index contributed by atoms with van der Waals surface area (Å²) in [4.78, 5) is 20.0. The monoisotopic (exact) mass is 318 g/mol. The molecule has 0 spiro atoms. The molecule has 2 rings (SSSR count). The summed E-state index contributed by atoms with van der Waals surface area (Å²) < 4.78 is 13.5. The minimum absolute atomic E-state index is 0.0782. The number of nitrogens with one attached hydrogen (secondary N) is 3. The van der Waals surface area contributed by atoms with Gasteiger partial charge in [-0.05, 0) is 25.5 Å². The second kappa shape index (κ2) is 7.39. The molecule has 0 aliphatic rings. The summed E-state index contributed by atoms with van der Waals surface area (Å²) in [6, 6.07) is 5.86. The molecule has 23 heavy (non-hydrogen) atoms. The van der Waals surface area contributed by atoms with Crippen LogP contribution in [0.5, 0.6) is 0 Å². The van der Waals surface area contributed by atoms with Crippen LogP contribution in [0, 0.1) is 5.82 Å². The van der Waals surface area contributed by atoms with Crippen LogP contribution in [0.3, 0.4) is 0 Å². The van der Waals surface area contributed by atoms with Gasteiger partial charge in [0.25, 0.3) is 5.91 Å². The first-order valence-electron chi connectivity index (χ1n) is 7.20. The fourth-order valence-electron chi connectivity index (χ4n) is 1.77. The van der Waals surface area contributed by atoms with Gasteiger partial charge in [-0.3, -0.25) is 15.6 Å². The van der Waals surface area contributed by atoms with Gasteiger partial charge in [0, 0.05) is 6.04 Å². The fourth-order valence-corrected chi connectivity index (χ4v) is 1.77. The third-order valence-electron chi connectivity index (χ3n) is 3.29. The summed E-state index contributed by atoms with van der Waals surface area (Å²) in [6.07, 6.45) is 2.22. The van der Waals surface area contributed by atoms with Crippen LogP contribution in [0.25, 0.3) is 0 Å². The van der Waals surface area contributed by atoms with Crippen LogP contribution in [0.4, 0.5) is 21.7 Å². The van der Waals surface area contributed by atoms with Crippen molar-refractivity contribution in [1.29, 1.82) is 0 Å². The summed E-state index contributed by atoms with van der Waals surface area (Å²) >= 11 is 0. The number of halogens is 1. The van der Waals surface area contributed by atoms with Crippen LogP contribution in [-0.4, -0.2) is 21.9 Å². The molecular weight excluding hydrogens is 299 g/mol. The Kier molecular flexibility index (Phi) is 5.29. The molecule has 1 aromatic heterocycles. The van der Waals surface area contributed by atoms with E-state index < -0.39 is 11.7 Å². The Labute approximate surface area is 133 Å². The van der Waals surface area contributed by atoms with Gasteiger partial charge in [0.2, 0.25) is 0 Å². The molecule has 1 atom stereocenters. The maximum absolute atomic E-state index is 13.5. The smallest absolute Gasteiger partial charge is 0.272 e. The van der Waals surface area contributed by atoms with Crippen molar-refractivity contribution in [2.45, 2.75) is 26.3 Å². The fraction of sp³-hybridized carbons (Fsp3) is 0.267. The number of aromatic nitrogens is 2. The van der Waals surface area contributed by atoms with Crippen LogP contribution in [0.1, 0.15) is 30.6 Å². The molecule has 0 aliphatic heterocycles. The number of rotatable bonds is 6. The zero-order valence-corrected chi connectivity index (χ0v) is 12.9. The molecule has 1 amide bonds. The molecular formula is C15H19FN6O. The van der Waals surface area contributed by atoms with Gasteiger partial charge in [0.1, 0.15) is 17.8 Å². The average molecular weight is 318 g/mol. The van der Waals surface area contributed by atoms with Crippen LogP contribution >= 0.6 is 0 Å². The van der Waals surface area contributed by atoms with E-state index in [0.717, 1.165) is 6.42 Å². The Balaban J connectivity index is 2.07. The van der Waals surface area contributed by atoms with E-state index in [1.165, 1.54) is 24.5 Å². The normalized spacial score (nSPS) is 11.6. The standard InChI is InChI=1S/C15H19FN6O/c1-3-9(2)20-13-12(17)14(19-8-18-13)21-22-15(23)10-6-4-5-7-11(10)16/h4-9H,3,17H2,1-2H3,(H,22,23)(H2,18,19,20,21). The number of hydrogen-bond acceptors (Lipinski definition) is 6. The highest BCUT2D eigenvalue weighted by Crippen LogP contribution is 2.22.